The highest BCUT2D eigenvalue weighted by Crippen LogP contribution is 2.38. The number of alkyl halides is 3. The first-order valence-corrected chi connectivity index (χ1v) is 7.42. The van der Waals surface area contributed by atoms with Crippen molar-refractivity contribution in [1.29, 1.82) is 0 Å². The van der Waals surface area contributed by atoms with Crippen LogP contribution in [0.25, 0.3) is 0 Å². The minimum atomic E-state index is -4.70. The molecule has 0 aliphatic heterocycles. The van der Waals surface area contributed by atoms with Crippen molar-refractivity contribution in [3.63, 3.8) is 0 Å². The Morgan fingerprint density at radius 1 is 1.48 bits per heavy atom. The van der Waals surface area contributed by atoms with Crippen LogP contribution in [-0.4, -0.2) is 32.8 Å². The average Bonchev–Trinajstić information content (AvgIpc) is 2.93. The van der Waals surface area contributed by atoms with Crippen LogP contribution in [0.5, 0.6) is 0 Å². The molecule has 0 atom stereocenters. The molecule has 2 N–H and O–H groups in total. The molecule has 2 aromatic rings. The summed E-state index contributed by atoms with van der Waals surface area (Å²) in [5.74, 6) is -0.0736. The second kappa shape index (κ2) is 7.38. The van der Waals surface area contributed by atoms with Crippen LogP contribution >= 0.6 is 11.8 Å². The summed E-state index contributed by atoms with van der Waals surface area (Å²) in [6.45, 7) is 1.74. The molecule has 1 aromatic heterocycles. The fourth-order valence-electron chi connectivity index (χ4n) is 1.63. The molecule has 0 unspecified atom stereocenters. The predicted molar refractivity (Wildman–Crippen MR) is 79.2 cm³/mol. The van der Waals surface area contributed by atoms with E-state index in [1.54, 1.807) is 6.92 Å². The van der Waals surface area contributed by atoms with E-state index < -0.39 is 28.4 Å². The van der Waals surface area contributed by atoms with E-state index in [1.165, 1.54) is 0 Å². The summed E-state index contributed by atoms with van der Waals surface area (Å²) in [5.41, 5.74) is -1.87. The molecule has 1 heterocycles. The van der Waals surface area contributed by atoms with Gasteiger partial charge in [0.2, 0.25) is 11.1 Å². The van der Waals surface area contributed by atoms with Crippen molar-refractivity contribution >= 4 is 29.5 Å². The van der Waals surface area contributed by atoms with Crippen molar-refractivity contribution in [1.82, 2.24) is 15.2 Å². The van der Waals surface area contributed by atoms with Crippen LogP contribution < -0.4 is 5.32 Å². The van der Waals surface area contributed by atoms with Gasteiger partial charge in [-0.05, 0) is 30.8 Å². The number of amides is 1. The van der Waals surface area contributed by atoms with E-state index in [9.17, 15) is 28.1 Å². The minimum absolute atomic E-state index is 0.0327. The maximum Gasteiger partial charge on any atom is 0.416 e. The van der Waals surface area contributed by atoms with Gasteiger partial charge in [0.1, 0.15) is 0 Å². The largest absolute Gasteiger partial charge is 0.450 e. The second-order valence-corrected chi connectivity index (χ2v) is 5.36. The molecule has 2 rings (SSSR count). The number of aromatic amines is 1. The van der Waals surface area contributed by atoms with Crippen molar-refractivity contribution in [2.45, 2.75) is 23.2 Å². The van der Waals surface area contributed by atoms with E-state index in [4.69, 9.17) is 0 Å². The quantitative estimate of drug-likeness (QED) is 0.604. The highest BCUT2D eigenvalue weighted by molar-refractivity contribution is 7.99. The molecule has 9 nitrogen and oxygen atoms in total. The molecular weight excluding hydrogens is 367 g/mol. The molecule has 1 aromatic carbocycles. The Labute approximate surface area is 142 Å². The summed E-state index contributed by atoms with van der Waals surface area (Å²) < 4.78 is 42.6. The zero-order chi connectivity index (χ0) is 18.6. The van der Waals surface area contributed by atoms with Gasteiger partial charge in [-0.3, -0.25) is 15.4 Å². The summed E-state index contributed by atoms with van der Waals surface area (Å²) in [6, 6.07) is 2.12. The second-order valence-electron chi connectivity index (χ2n) is 4.35. The molecule has 25 heavy (non-hydrogen) atoms. The standard InChI is InChI=1S/C12H10F3N5O4S/c1-2-24-11(21)17-9-16-10(19-18-9)25-8-4-3-6(12(13,14)15)5-7(8)20(22)23/h3-5H,2H2,1H3,(H2,16,17,18,19,21). The van der Waals surface area contributed by atoms with Gasteiger partial charge in [0.05, 0.1) is 22.0 Å². The number of halogens is 3. The van der Waals surface area contributed by atoms with E-state index in [0.717, 1.165) is 12.1 Å². The molecular formula is C12H10F3N5O4S. The van der Waals surface area contributed by atoms with E-state index >= 15 is 0 Å². The third kappa shape index (κ3) is 4.82. The van der Waals surface area contributed by atoms with Gasteiger partial charge in [0.25, 0.3) is 5.69 Å². The lowest BCUT2D eigenvalue weighted by Crippen LogP contribution is -2.14. The van der Waals surface area contributed by atoms with Gasteiger partial charge in [-0.1, -0.05) is 0 Å². The van der Waals surface area contributed by atoms with Crippen molar-refractivity contribution in [3.05, 3.63) is 33.9 Å². The summed E-state index contributed by atoms with van der Waals surface area (Å²) in [6.07, 6.45) is -5.48. The molecule has 0 saturated carbocycles. The number of ether oxygens (including phenoxy) is 1. The monoisotopic (exact) mass is 377 g/mol. The number of nitrogens with one attached hydrogen (secondary N) is 2. The fourth-order valence-corrected chi connectivity index (χ4v) is 2.43. The molecule has 0 radical (unpaired) electrons. The fraction of sp³-hybridized carbons (Fsp3) is 0.250. The number of carbonyl (C=O) groups is 1. The smallest absolute Gasteiger partial charge is 0.416 e. The number of H-pyrrole nitrogens is 1. The van der Waals surface area contributed by atoms with Crippen LogP contribution in [0.3, 0.4) is 0 Å². The lowest BCUT2D eigenvalue weighted by molar-refractivity contribution is -0.388. The Hall–Kier alpha value is -2.83. The molecule has 134 valence electrons. The number of aromatic nitrogens is 3. The first-order chi connectivity index (χ1) is 11.7. The SMILES string of the molecule is CCOC(=O)Nc1nc(Sc2ccc(C(F)(F)F)cc2[N+](=O)[O-])n[nH]1. The minimum Gasteiger partial charge on any atom is -0.450 e. The van der Waals surface area contributed by atoms with E-state index in [2.05, 4.69) is 25.2 Å². The Bertz CT molecular complexity index is 795. The lowest BCUT2D eigenvalue weighted by atomic mass is 10.2. The normalized spacial score (nSPS) is 11.2. The third-order valence-electron chi connectivity index (χ3n) is 2.64. The van der Waals surface area contributed by atoms with Crippen LogP contribution in [0.2, 0.25) is 0 Å². The molecule has 0 bridgehead atoms. The van der Waals surface area contributed by atoms with Crippen LogP contribution in [0.1, 0.15) is 12.5 Å². The van der Waals surface area contributed by atoms with Gasteiger partial charge < -0.3 is 4.74 Å². The maximum atomic E-state index is 12.7. The first-order valence-electron chi connectivity index (χ1n) is 6.60. The van der Waals surface area contributed by atoms with Crippen LogP contribution in [0.15, 0.2) is 28.3 Å². The van der Waals surface area contributed by atoms with Crippen molar-refractivity contribution in [2.75, 3.05) is 11.9 Å². The number of nitro groups is 1. The zero-order valence-corrected chi connectivity index (χ0v) is 13.3. The number of anilines is 1. The number of carbonyl (C=O) groups excluding carboxylic acids is 1. The molecule has 0 fully saturated rings. The number of nitrogens with zero attached hydrogens (tertiary/aromatic N) is 3. The van der Waals surface area contributed by atoms with Gasteiger partial charge in [0, 0.05) is 6.07 Å². The molecule has 0 aliphatic rings. The lowest BCUT2D eigenvalue weighted by Gasteiger charge is -2.07. The van der Waals surface area contributed by atoms with Crippen LogP contribution in [0, 0.1) is 10.1 Å². The van der Waals surface area contributed by atoms with Gasteiger partial charge >= 0.3 is 12.3 Å². The van der Waals surface area contributed by atoms with Gasteiger partial charge in [-0.2, -0.15) is 18.2 Å². The summed E-state index contributed by atoms with van der Waals surface area (Å²) in [7, 11) is 0. The Kier molecular flexibility index (Phi) is 5.46. The molecule has 0 saturated heterocycles. The molecule has 13 heteroatoms. The summed E-state index contributed by atoms with van der Waals surface area (Å²) in [4.78, 5) is 25.1. The molecule has 0 aliphatic carbocycles. The highest BCUT2D eigenvalue weighted by Gasteiger charge is 2.33. The number of hydrogen-bond donors (Lipinski definition) is 2. The Morgan fingerprint density at radius 3 is 2.80 bits per heavy atom. The van der Waals surface area contributed by atoms with Crippen molar-refractivity contribution < 1.29 is 27.6 Å². The average molecular weight is 377 g/mol. The highest BCUT2D eigenvalue weighted by atomic mass is 32.2. The topological polar surface area (TPSA) is 123 Å². The number of hydrogen-bond acceptors (Lipinski definition) is 7. The summed E-state index contributed by atoms with van der Waals surface area (Å²) in [5, 5.41) is 19.3. The van der Waals surface area contributed by atoms with Gasteiger partial charge in [0.15, 0.2) is 0 Å². The third-order valence-corrected chi connectivity index (χ3v) is 3.58. The maximum absolute atomic E-state index is 12.7. The van der Waals surface area contributed by atoms with Crippen molar-refractivity contribution in [3.8, 4) is 0 Å². The van der Waals surface area contributed by atoms with Crippen LogP contribution in [-0.2, 0) is 10.9 Å². The number of benzene rings is 1. The number of rotatable bonds is 5. The zero-order valence-electron chi connectivity index (χ0n) is 12.5. The van der Waals surface area contributed by atoms with E-state index in [-0.39, 0.29) is 22.6 Å². The summed E-state index contributed by atoms with van der Waals surface area (Å²) >= 11 is 0.669. The van der Waals surface area contributed by atoms with Gasteiger partial charge in [-0.25, -0.2) is 9.89 Å². The predicted octanol–water partition coefficient (Wildman–Crippen LogP) is 3.45. The van der Waals surface area contributed by atoms with E-state index in [0.29, 0.717) is 17.8 Å². The molecule has 0 spiro atoms. The Morgan fingerprint density at radius 2 is 2.20 bits per heavy atom. The van der Waals surface area contributed by atoms with Crippen LogP contribution in [0.4, 0.5) is 29.6 Å². The number of nitro benzene ring substituents is 1. The first kappa shape index (κ1) is 18.5. The van der Waals surface area contributed by atoms with E-state index in [1.807, 2.05) is 0 Å². The molecule has 1 amide bonds. The Balaban J connectivity index is 2.21. The van der Waals surface area contributed by atoms with Gasteiger partial charge in [-0.15, -0.1) is 5.10 Å². The van der Waals surface area contributed by atoms with Crippen molar-refractivity contribution in [2.24, 2.45) is 0 Å².